The predicted octanol–water partition coefficient (Wildman–Crippen LogP) is 0.654. The van der Waals surface area contributed by atoms with Crippen LogP contribution in [0.2, 0.25) is 0 Å². The molecule has 0 bridgehead atoms. The first-order chi connectivity index (χ1) is 21.2. The van der Waals surface area contributed by atoms with Crippen molar-refractivity contribution in [1.29, 1.82) is 0 Å². The molecule has 4 rings (SSSR count). The predicted molar refractivity (Wildman–Crippen MR) is 201 cm³/mol. The Kier molecular flexibility index (Phi) is 45.3. The molecule has 50 heavy (non-hydrogen) atoms. The molecule has 0 fully saturated rings. The minimum absolute atomic E-state index is 0. The Balaban J connectivity index is -0.000000124. The summed E-state index contributed by atoms with van der Waals surface area (Å²) in [6.45, 7) is 26.7. The molecule has 4 aromatic carbocycles. The third kappa shape index (κ3) is 21.9. The summed E-state index contributed by atoms with van der Waals surface area (Å²) >= 11 is 0. The Bertz CT molecular complexity index is 1160. The van der Waals surface area contributed by atoms with Gasteiger partial charge in [-0.25, -0.2) is 24.3 Å². The molecule has 0 saturated carbocycles. The van der Waals surface area contributed by atoms with Crippen molar-refractivity contribution in [2.75, 3.05) is 0 Å². The van der Waals surface area contributed by atoms with Crippen LogP contribution in [0.1, 0.15) is 149 Å². The zero-order chi connectivity index (χ0) is 33.1. The van der Waals surface area contributed by atoms with E-state index in [1.165, 1.54) is 122 Å². The van der Waals surface area contributed by atoms with Gasteiger partial charge in [-0.3, -0.25) is 0 Å². The van der Waals surface area contributed by atoms with Crippen molar-refractivity contribution in [2.24, 2.45) is 0 Å². The molecule has 0 aliphatic heterocycles. The van der Waals surface area contributed by atoms with Crippen LogP contribution < -0.4 is 49.6 Å². The van der Waals surface area contributed by atoms with E-state index in [1.807, 2.05) is 0 Å². The van der Waals surface area contributed by atoms with E-state index < -0.39 is 0 Å². The summed E-state index contributed by atoms with van der Waals surface area (Å²) in [4.78, 5) is 0. The van der Waals surface area contributed by atoms with Gasteiger partial charge in [0.1, 0.15) is 0 Å². The summed E-state index contributed by atoms with van der Waals surface area (Å²) in [6.07, 6.45) is 14.4. The summed E-state index contributed by atoms with van der Waals surface area (Å²) in [6, 6.07) is 18.7. The molecular weight excluding hydrogens is 853 g/mol. The molecule has 4 aromatic rings. The van der Waals surface area contributed by atoms with Crippen LogP contribution in [0.3, 0.4) is 0 Å². The van der Waals surface area contributed by atoms with Crippen LogP contribution in [0.15, 0.2) is 48.5 Å². The Morgan fingerprint density at radius 1 is 0.380 bits per heavy atom. The molecule has 0 spiro atoms. The number of rotatable bonds is 12. The normalized spacial score (nSPS) is 9.20. The molecule has 0 radical (unpaired) electrons. The van der Waals surface area contributed by atoms with Gasteiger partial charge in [0.2, 0.25) is 0 Å². The van der Waals surface area contributed by atoms with Gasteiger partial charge >= 0.3 is 52.4 Å². The van der Waals surface area contributed by atoms with E-state index in [9.17, 15) is 0 Å². The van der Waals surface area contributed by atoms with Crippen molar-refractivity contribution in [3.8, 4) is 0 Å². The van der Waals surface area contributed by atoms with Crippen molar-refractivity contribution < 1.29 is 102 Å². The maximum Gasteiger partial charge on any atom is 4.00 e. The Labute approximate surface area is 373 Å². The van der Waals surface area contributed by atoms with Gasteiger partial charge in [-0.15, -0.1) is 0 Å². The van der Waals surface area contributed by atoms with Gasteiger partial charge in [0, 0.05) is 0 Å². The second kappa shape index (κ2) is 36.3. The number of hydrogen-bond donors (Lipinski definition) is 0. The van der Waals surface area contributed by atoms with Crippen LogP contribution >= 0.6 is 0 Å². The topological polar surface area (TPSA) is 0 Å². The average molecular weight is 921 g/mol. The van der Waals surface area contributed by atoms with Crippen molar-refractivity contribution in [1.82, 2.24) is 0 Å². The summed E-state index contributed by atoms with van der Waals surface area (Å²) in [7, 11) is 0. The molecule has 0 saturated heterocycles. The second-order valence-electron chi connectivity index (χ2n) is 12.3. The monoisotopic (exact) mass is 916 g/mol. The Morgan fingerprint density at radius 3 is 0.820 bits per heavy atom. The first-order valence-corrected chi connectivity index (χ1v) is 18.2. The van der Waals surface area contributed by atoms with Gasteiger partial charge in [-0.1, -0.05) is 160 Å². The second-order valence-corrected chi connectivity index (χ2v) is 12.3. The van der Waals surface area contributed by atoms with E-state index in [0.717, 1.165) is 0 Å². The van der Waals surface area contributed by atoms with E-state index in [0.29, 0.717) is 0 Å². The van der Waals surface area contributed by atoms with Crippen LogP contribution in [0, 0.1) is 13.8 Å². The first-order valence-electron chi connectivity index (χ1n) is 18.2. The van der Waals surface area contributed by atoms with Gasteiger partial charge in [0.15, 0.2) is 0 Å². The van der Waals surface area contributed by atoms with Crippen LogP contribution in [0.25, 0.3) is 0 Å². The number of halogens is 4. The standard InChI is InChI=1S/2C12H19.2C10H15.4ClH.2Zr/c2*1-4-7-10-8-11(5-2)12(6-3)9-10;2*1-4-9-6-8(3)10(5-2)7-9;;;;;;/h2*8-9H,4-7H2,1-3H3;2*6-7H,4-5H2,1-3H3;4*1H;;/q4*-1;;;;;2*+4/p-4. The maximum atomic E-state index is 2.38. The molecule has 0 aliphatic carbocycles. The largest absolute Gasteiger partial charge is 4.00 e. The zero-order valence-electron chi connectivity index (χ0n) is 33.6. The summed E-state index contributed by atoms with van der Waals surface area (Å²) in [5, 5.41) is 0. The van der Waals surface area contributed by atoms with E-state index in [2.05, 4.69) is 132 Å². The summed E-state index contributed by atoms with van der Waals surface area (Å²) in [5.41, 5.74) is 18.2. The molecule has 0 N–H and O–H groups in total. The first kappa shape index (κ1) is 62.3. The molecule has 280 valence electrons. The smallest absolute Gasteiger partial charge is 1.00 e. The third-order valence-corrected chi connectivity index (χ3v) is 8.98. The summed E-state index contributed by atoms with van der Waals surface area (Å²) in [5.74, 6) is 0. The molecule has 6 heteroatoms. The molecule has 0 amide bonds. The van der Waals surface area contributed by atoms with Crippen molar-refractivity contribution in [3.63, 3.8) is 0 Å². The minimum atomic E-state index is 0. The van der Waals surface area contributed by atoms with Crippen LogP contribution in [-0.4, -0.2) is 0 Å². The maximum absolute atomic E-state index is 2.38. The summed E-state index contributed by atoms with van der Waals surface area (Å²) < 4.78 is 0. The molecule has 0 atom stereocenters. The molecule has 0 nitrogen and oxygen atoms in total. The Morgan fingerprint density at radius 2 is 0.660 bits per heavy atom. The van der Waals surface area contributed by atoms with Gasteiger partial charge < -0.3 is 49.6 Å². The average Bonchev–Trinajstić information content (AvgIpc) is 3.82. The number of hydrogen-bond acceptors (Lipinski definition) is 0. The molecular formula is C44H68Cl4Zr2. The van der Waals surface area contributed by atoms with Gasteiger partial charge in [0.25, 0.3) is 0 Å². The molecule has 0 aliphatic rings. The van der Waals surface area contributed by atoms with Gasteiger partial charge in [-0.2, -0.15) is 91.0 Å². The van der Waals surface area contributed by atoms with Crippen molar-refractivity contribution in [3.05, 3.63) is 115 Å². The fourth-order valence-corrected chi connectivity index (χ4v) is 6.20. The van der Waals surface area contributed by atoms with Gasteiger partial charge in [-0.05, 0) is 0 Å². The fraction of sp³-hybridized carbons (Fsp3) is 0.545. The van der Waals surface area contributed by atoms with Crippen LogP contribution in [0.5, 0.6) is 0 Å². The number of aryl methyl sites for hydroxylation is 12. The van der Waals surface area contributed by atoms with E-state index >= 15 is 0 Å². The van der Waals surface area contributed by atoms with Crippen molar-refractivity contribution >= 4 is 0 Å². The van der Waals surface area contributed by atoms with Crippen LogP contribution in [-0.2, 0) is 117 Å². The fourth-order valence-electron chi connectivity index (χ4n) is 6.20. The molecule has 0 unspecified atom stereocenters. The van der Waals surface area contributed by atoms with Crippen LogP contribution in [0.4, 0.5) is 0 Å². The van der Waals surface area contributed by atoms with Gasteiger partial charge in [0.05, 0.1) is 0 Å². The van der Waals surface area contributed by atoms with Crippen molar-refractivity contribution in [2.45, 2.75) is 160 Å². The minimum Gasteiger partial charge on any atom is -1.00 e. The zero-order valence-corrected chi connectivity index (χ0v) is 41.6. The molecule has 0 heterocycles. The van der Waals surface area contributed by atoms with E-state index in [1.54, 1.807) is 22.3 Å². The van der Waals surface area contributed by atoms with E-state index in [4.69, 9.17) is 0 Å². The molecule has 0 aromatic heterocycles. The van der Waals surface area contributed by atoms with E-state index in [-0.39, 0.29) is 102 Å². The SMILES string of the molecule is CCCc1cc(CC)[c-](CC)c1.CCCc1cc(CC)[c-](CC)c1.CCc1cc(CC)[c-](C)c1.CCc1cc(CC)[c-](C)c1.[Cl-].[Cl-].[Cl-].[Cl-].[Zr+4].[Zr+4]. The Hall–Kier alpha value is 0.326. The third-order valence-electron chi connectivity index (χ3n) is 8.98. The quantitative estimate of drug-likeness (QED) is 0.184.